The van der Waals surface area contributed by atoms with Crippen molar-refractivity contribution in [3.63, 3.8) is 0 Å². The van der Waals surface area contributed by atoms with Crippen molar-refractivity contribution in [2.45, 2.75) is 0 Å². The molecular formula is C13H8ClFN2OS. The third kappa shape index (κ3) is 2.27. The molecule has 0 atom stereocenters. The fourth-order valence-corrected chi connectivity index (χ4v) is 3.06. The number of hydrogen-bond acceptors (Lipinski definition) is 3. The number of rotatable bonds is 1. The number of halogens is 2. The van der Waals surface area contributed by atoms with Crippen LogP contribution in [0.4, 0.5) is 9.39 Å². The summed E-state index contributed by atoms with van der Waals surface area (Å²) in [6, 6.07) is 8.04. The summed E-state index contributed by atoms with van der Waals surface area (Å²) < 4.78 is 14.4. The van der Waals surface area contributed by atoms with E-state index in [0.29, 0.717) is 26.2 Å². The van der Waals surface area contributed by atoms with Gasteiger partial charge in [0.25, 0.3) is 0 Å². The first kappa shape index (κ1) is 12.3. The normalized spacial score (nSPS) is 14.4. The molecule has 1 aromatic heterocycles. The number of amides is 1. The maximum atomic E-state index is 13.9. The van der Waals surface area contributed by atoms with Gasteiger partial charge < -0.3 is 5.32 Å². The lowest BCUT2D eigenvalue weighted by molar-refractivity contribution is -0.114. The van der Waals surface area contributed by atoms with Gasteiger partial charge in [0, 0.05) is 11.1 Å². The van der Waals surface area contributed by atoms with Crippen LogP contribution in [-0.4, -0.2) is 18.2 Å². The molecule has 1 aromatic carbocycles. The number of anilines is 1. The Hall–Kier alpha value is -1.72. The number of hydrogen-bond donors (Lipinski definition) is 1. The molecule has 2 heterocycles. The third-order valence-corrected chi connectivity index (χ3v) is 3.90. The number of thiophene rings is 1. The van der Waals surface area contributed by atoms with Gasteiger partial charge in [-0.15, -0.1) is 11.3 Å². The van der Waals surface area contributed by atoms with Crippen LogP contribution in [0, 0.1) is 5.82 Å². The molecule has 2 aromatic rings. The molecule has 3 nitrogen and oxygen atoms in total. The Morgan fingerprint density at radius 1 is 1.32 bits per heavy atom. The molecular weight excluding hydrogens is 287 g/mol. The largest absolute Gasteiger partial charge is 0.315 e. The summed E-state index contributed by atoms with van der Waals surface area (Å²) in [7, 11) is 0. The summed E-state index contributed by atoms with van der Waals surface area (Å²) in [6.45, 7) is -0.0251. The van der Waals surface area contributed by atoms with Gasteiger partial charge in [-0.25, -0.2) is 4.39 Å². The predicted molar refractivity (Wildman–Crippen MR) is 74.9 cm³/mol. The average Bonchev–Trinajstić information content (AvgIpc) is 2.65. The monoisotopic (exact) mass is 294 g/mol. The van der Waals surface area contributed by atoms with Crippen molar-refractivity contribution in [1.29, 1.82) is 0 Å². The van der Waals surface area contributed by atoms with Crippen LogP contribution in [0.25, 0.3) is 0 Å². The van der Waals surface area contributed by atoms with E-state index >= 15 is 0 Å². The fraction of sp³-hybridized carbons (Fsp3) is 0.0769. The van der Waals surface area contributed by atoms with Crippen LogP contribution < -0.4 is 5.32 Å². The number of benzene rings is 1. The van der Waals surface area contributed by atoms with Gasteiger partial charge in [-0.3, -0.25) is 9.79 Å². The SMILES string of the molecule is O=C1CN=C(c2ccccc2F)c2cc(Cl)sc2N1. The minimum absolute atomic E-state index is 0.0251. The summed E-state index contributed by atoms with van der Waals surface area (Å²) >= 11 is 7.20. The van der Waals surface area contributed by atoms with Gasteiger partial charge in [-0.2, -0.15) is 0 Å². The molecule has 0 saturated carbocycles. The summed E-state index contributed by atoms with van der Waals surface area (Å²) in [5.74, 6) is -0.602. The molecule has 0 spiro atoms. The number of nitrogens with zero attached hydrogens (tertiary/aromatic N) is 1. The molecule has 1 aliphatic heterocycles. The standard InChI is InChI=1S/C13H8ClFN2OS/c14-10-5-8-12(7-3-1-2-4-9(7)15)16-6-11(18)17-13(8)19-10/h1-5H,6H2,(H,17,18). The maximum absolute atomic E-state index is 13.9. The number of fused-ring (bicyclic) bond motifs is 1. The molecule has 6 heteroatoms. The Balaban J connectivity index is 2.20. The van der Waals surface area contributed by atoms with Crippen LogP contribution in [0.5, 0.6) is 0 Å². The Morgan fingerprint density at radius 2 is 2.11 bits per heavy atom. The van der Waals surface area contributed by atoms with Crippen LogP contribution in [0.1, 0.15) is 11.1 Å². The lowest BCUT2D eigenvalue weighted by Gasteiger charge is -2.05. The van der Waals surface area contributed by atoms with Crippen molar-refractivity contribution in [3.05, 3.63) is 51.6 Å². The smallest absolute Gasteiger partial charge is 0.246 e. The molecule has 0 unspecified atom stereocenters. The van der Waals surface area contributed by atoms with E-state index in [2.05, 4.69) is 10.3 Å². The Bertz CT molecular complexity index is 696. The van der Waals surface area contributed by atoms with Gasteiger partial charge in [-0.1, -0.05) is 23.7 Å². The van der Waals surface area contributed by atoms with Gasteiger partial charge >= 0.3 is 0 Å². The molecule has 96 valence electrons. The van der Waals surface area contributed by atoms with E-state index in [1.165, 1.54) is 17.4 Å². The number of nitrogens with one attached hydrogen (secondary N) is 1. The van der Waals surface area contributed by atoms with E-state index in [0.717, 1.165) is 0 Å². The Kier molecular flexibility index (Phi) is 3.08. The number of carbonyl (C=O) groups excluding carboxylic acids is 1. The molecule has 1 N–H and O–H groups in total. The first-order valence-electron chi connectivity index (χ1n) is 5.54. The van der Waals surface area contributed by atoms with Crippen molar-refractivity contribution in [3.8, 4) is 0 Å². The fourth-order valence-electron chi connectivity index (χ4n) is 1.92. The van der Waals surface area contributed by atoms with Gasteiger partial charge in [0.05, 0.1) is 10.0 Å². The van der Waals surface area contributed by atoms with Crippen molar-refractivity contribution in [2.75, 3.05) is 11.9 Å². The van der Waals surface area contributed by atoms with E-state index in [1.54, 1.807) is 24.3 Å². The summed E-state index contributed by atoms with van der Waals surface area (Å²) in [4.78, 5) is 15.8. The highest BCUT2D eigenvalue weighted by atomic mass is 35.5. The molecule has 1 amide bonds. The Labute approximate surface area is 117 Å². The zero-order chi connectivity index (χ0) is 13.4. The second-order valence-electron chi connectivity index (χ2n) is 3.99. The van der Waals surface area contributed by atoms with Gasteiger partial charge in [0.15, 0.2) is 0 Å². The lowest BCUT2D eigenvalue weighted by atomic mass is 10.0. The Morgan fingerprint density at radius 3 is 2.89 bits per heavy atom. The van der Waals surface area contributed by atoms with Crippen LogP contribution in [0.15, 0.2) is 35.3 Å². The van der Waals surface area contributed by atoms with Gasteiger partial charge in [0.2, 0.25) is 5.91 Å². The molecule has 0 bridgehead atoms. The van der Waals surface area contributed by atoms with Crippen molar-refractivity contribution in [2.24, 2.45) is 4.99 Å². The minimum atomic E-state index is -0.371. The highest BCUT2D eigenvalue weighted by Gasteiger charge is 2.22. The second kappa shape index (κ2) is 4.75. The van der Waals surface area contributed by atoms with E-state index in [9.17, 15) is 9.18 Å². The first-order chi connectivity index (χ1) is 9.15. The van der Waals surface area contributed by atoms with E-state index in [1.807, 2.05) is 0 Å². The quantitative estimate of drug-likeness (QED) is 0.861. The highest BCUT2D eigenvalue weighted by molar-refractivity contribution is 7.20. The van der Waals surface area contributed by atoms with Crippen LogP contribution in [-0.2, 0) is 4.79 Å². The molecule has 3 rings (SSSR count). The van der Waals surface area contributed by atoms with E-state index in [-0.39, 0.29) is 18.3 Å². The van der Waals surface area contributed by atoms with E-state index < -0.39 is 0 Å². The number of carbonyl (C=O) groups is 1. The topological polar surface area (TPSA) is 41.5 Å². The zero-order valence-electron chi connectivity index (χ0n) is 9.61. The first-order valence-corrected chi connectivity index (χ1v) is 6.73. The third-order valence-electron chi connectivity index (χ3n) is 2.72. The molecule has 19 heavy (non-hydrogen) atoms. The number of aliphatic imine (C=N–C) groups is 1. The minimum Gasteiger partial charge on any atom is -0.315 e. The summed E-state index contributed by atoms with van der Waals surface area (Å²) in [6.07, 6.45) is 0. The molecule has 0 saturated heterocycles. The lowest BCUT2D eigenvalue weighted by Crippen LogP contribution is -2.12. The van der Waals surface area contributed by atoms with Crippen LogP contribution >= 0.6 is 22.9 Å². The van der Waals surface area contributed by atoms with Crippen molar-refractivity contribution in [1.82, 2.24) is 0 Å². The molecule has 0 radical (unpaired) electrons. The van der Waals surface area contributed by atoms with Crippen LogP contribution in [0.2, 0.25) is 4.34 Å². The maximum Gasteiger partial charge on any atom is 0.246 e. The summed E-state index contributed by atoms with van der Waals surface area (Å²) in [5.41, 5.74) is 1.48. The van der Waals surface area contributed by atoms with Crippen LogP contribution in [0.3, 0.4) is 0 Å². The van der Waals surface area contributed by atoms with Crippen molar-refractivity contribution >= 4 is 39.6 Å². The zero-order valence-corrected chi connectivity index (χ0v) is 11.2. The molecule has 0 aliphatic carbocycles. The molecule has 0 fully saturated rings. The predicted octanol–water partition coefficient (Wildman–Crippen LogP) is 3.33. The second-order valence-corrected chi connectivity index (χ2v) is 5.67. The highest BCUT2D eigenvalue weighted by Crippen LogP contribution is 2.35. The summed E-state index contributed by atoms with van der Waals surface area (Å²) in [5, 5.41) is 3.33. The van der Waals surface area contributed by atoms with E-state index in [4.69, 9.17) is 11.6 Å². The van der Waals surface area contributed by atoms with Gasteiger partial charge in [-0.05, 0) is 18.2 Å². The van der Waals surface area contributed by atoms with Gasteiger partial charge in [0.1, 0.15) is 17.4 Å². The average molecular weight is 295 g/mol. The van der Waals surface area contributed by atoms with Crippen molar-refractivity contribution < 1.29 is 9.18 Å². The molecule has 1 aliphatic rings.